The first-order chi connectivity index (χ1) is 18.7. The number of Topliss-reactive ketones (excluding diaryl/α,β-unsaturated/α-hetero) is 1. The van der Waals surface area contributed by atoms with E-state index in [9.17, 15) is 14.7 Å². The van der Waals surface area contributed by atoms with Crippen molar-refractivity contribution >= 4 is 46.1 Å². The van der Waals surface area contributed by atoms with E-state index in [1.54, 1.807) is 17.0 Å². The fourth-order valence-corrected chi connectivity index (χ4v) is 6.61. The van der Waals surface area contributed by atoms with Gasteiger partial charge in [0.2, 0.25) is 0 Å². The highest BCUT2D eigenvalue weighted by Gasteiger charge is 2.34. The van der Waals surface area contributed by atoms with E-state index in [-0.39, 0.29) is 23.0 Å². The van der Waals surface area contributed by atoms with Gasteiger partial charge in [0, 0.05) is 53.2 Å². The van der Waals surface area contributed by atoms with Crippen molar-refractivity contribution in [3.63, 3.8) is 0 Å². The third-order valence-electron chi connectivity index (χ3n) is 7.47. The molecule has 0 saturated carbocycles. The number of likely N-dealkylation sites (tertiary alicyclic amines) is 1. The van der Waals surface area contributed by atoms with Gasteiger partial charge in [0.15, 0.2) is 11.5 Å². The molecular weight excluding hydrogens is 512 g/mol. The van der Waals surface area contributed by atoms with E-state index in [1.807, 2.05) is 23.6 Å². The highest BCUT2D eigenvalue weighted by molar-refractivity contribution is 7.11. The predicted molar refractivity (Wildman–Crippen MR) is 154 cm³/mol. The second-order valence-corrected chi connectivity index (χ2v) is 11.7. The molecule has 200 valence electrons. The normalized spacial score (nSPS) is 18.4. The zero-order valence-electron chi connectivity index (χ0n) is 22.4. The SMILES string of the molecule is COc1c(O)ccc2c1-c1ccc3c(c1/C(=C/c1sccc1C(=O)N1CCC(=O)CC1)O2)C(C)=CC(C)(C)N3. The Morgan fingerprint density at radius 1 is 1.13 bits per heavy atom. The minimum Gasteiger partial charge on any atom is -0.504 e. The lowest BCUT2D eigenvalue weighted by Crippen LogP contribution is -2.38. The number of nitrogens with one attached hydrogen (secondary N) is 1. The van der Waals surface area contributed by atoms with Gasteiger partial charge in [-0.05, 0) is 62.1 Å². The lowest BCUT2D eigenvalue weighted by molar-refractivity contribution is -0.120. The number of carbonyl (C=O) groups excluding carboxylic acids is 2. The molecule has 3 aromatic rings. The number of hydrogen-bond donors (Lipinski definition) is 2. The summed E-state index contributed by atoms with van der Waals surface area (Å²) in [5.74, 6) is 1.69. The van der Waals surface area contributed by atoms with E-state index >= 15 is 0 Å². The van der Waals surface area contributed by atoms with Gasteiger partial charge in [0.1, 0.15) is 17.3 Å². The highest BCUT2D eigenvalue weighted by atomic mass is 32.1. The first-order valence-electron chi connectivity index (χ1n) is 13.0. The zero-order chi connectivity index (χ0) is 27.5. The van der Waals surface area contributed by atoms with Crippen LogP contribution in [0.2, 0.25) is 0 Å². The van der Waals surface area contributed by atoms with Crippen LogP contribution in [0.25, 0.3) is 28.5 Å². The summed E-state index contributed by atoms with van der Waals surface area (Å²) in [6.45, 7) is 7.23. The maximum Gasteiger partial charge on any atom is 0.255 e. The molecule has 1 aromatic heterocycles. The molecule has 0 spiro atoms. The number of aromatic hydroxyl groups is 1. The Balaban J connectivity index is 1.53. The van der Waals surface area contributed by atoms with Crippen LogP contribution >= 0.6 is 11.3 Å². The lowest BCUT2D eigenvalue weighted by atomic mass is 9.83. The van der Waals surface area contributed by atoms with Crippen molar-refractivity contribution in [2.45, 2.75) is 39.2 Å². The molecule has 2 N–H and O–H groups in total. The van der Waals surface area contributed by atoms with Gasteiger partial charge >= 0.3 is 0 Å². The number of benzene rings is 2. The number of amides is 1. The molecule has 0 unspecified atom stereocenters. The smallest absolute Gasteiger partial charge is 0.255 e. The van der Waals surface area contributed by atoms with Gasteiger partial charge in [-0.2, -0.15) is 0 Å². The fraction of sp³-hybridized carbons (Fsp3) is 0.290. The highest BCUT2D eigenvalue weighted by Crippen LogP contribution is 2.54. The fourth-order valence-electron chi connectivity index (χ4n) is 5.81. The maximum absolute atomic E-state index is 13.4. The van der Waals surface area contributed by atoms with Crippen LogP contribution in [0, 0.1) is 0 Å². The molecule has 2 aromatic carbocycles. The summed E-state index contributed by atoms with van der Waals surface area (Å²) in [5.41, 5.74) is 5.90. The number of piperidine rings is 1. The van der Waals surface area contributed by atoms with Crippen molar-refractivity contribution in [1.82, 2.24) is 4.90 Å². The quantitative estimate of drug-likeness (QED) is 0.396. The molecule has 1 amide bonds. The molecule has 0 atom stereocenters. The first-order valence-corrected chi connectivity index (χ1v) is 13.9. The maximum atomic E-state index is 13.4. The number of anilines is 1. The van der Waals surface area contributed by atoms with Crippen LogP contribution in [-0.2, 0) is 4.79 Å². The number of fused-ring (bicyclic) bond motifs is 5. The van der Waals surface area contributed by atoms with E-state index in [2.05, 4.69) is 38.2 Å². The minimum atomic E-state index is -0.220. The van der Waals surface area contributed by atoms with Gasteiger partial charge in [-0.25, -0.2) is 0 Å². The van der Waals surface area contributed by atoms with E-state index in [0.717, 1.165) is 32.8 Å². The van der Waals surface area contributed by atoms with Crippen LogP contribution < -0.4 is 14.8 Å². The van der Waals surface area contributed by atoms with Crippen molar-refractivity contribution in [2.75, 3.05) is 25.5 Å². The molecule has 6 rings (SSSR count). The largest absolute Gasteiger partial charge is 0.504 e. The Bertz CT molecular complexity index is 1590. The third-order valence-corrected chi connectivity index (χ3v) is 8.33. The number of carbonyl (C=O) groups is 2. The number of phenolic OH excluding ortho intramolecular Hbond substituents is 1. The molecule has 3 aliphatic rings. The average Bonchev–Trinajstić information content (AvgIpc) is 3.36. The van der Waals surface area contributed by atoms with E-state index < -0.39 is 0 Å². The molecule has 1 fully saturated rings. The van der Waals surface area contributed by atoms with Gasteiger partial charge in [-0.3, -0.25) is 9.59 Å². The number of nitrogens with zero attached hydrogens (tertiary/aromatic N) is 1. The Kier molecular flexibility index (Phi) is 6.03. The van der Waals surface area contributed by atoms with Crippen LogP contribution in [0.15, 0.2) is 41.8 Å². The summed E-state index contributed by atoms with van der Waals surface area (Å²) >= 11 is 1.47. The average molecular weight is 543 g/mol. The Labute approximate surface area is 231 Å². The Morgan fingerprint density at radius 3 is 2.64 bits per heavy atom. The summed E-state index contributed by atoms with van der Waals surface area (Å²) in [6.07, 6.45) is 4.92. The van der Waals surface area contributed by atoms with E-state index in [0.29, 0.717) is 54.3 Å². The number of ether oxygens (including phenoxy) is 2. The number of hydrogen-bond acceptors (Lipinski definition) is 7. The van der Waals surface area contributed by atoms with Crippen molar-refractivity contribution in [2.24, 2.45) is 0 Å². The summed E-state index contributed by atoms with van der Waals surface area (Å²) < 4.78 is 12.2. The van der Waals surface area contributed by atoms with Crippen LogP contribution in [0.3, 0.4) is 0 Å². The van der Waals surface area contributed by atoms with Crippen LogP contribution in [0.1, 0.15) is 60.0 Å². The van der Waals surface area contributed by atoms with Crippen molar-refractivity contribution in [3.8, 4) is 28.4 Å². The van der Waals surface area contributed by atoms with Crippen LogP contribution in [-0.4, -0.2) is 47.4 Å². The van der Waals surface area contributed by atoms with Crippen LogP contribution in [0.4, 0.5) is 5.69 Å². The number of thiophene rings is 1. The summed E-state index contributed by atoms with van der Waals surface area (Å²) in [4.78, 5) is 27.7. The number of methoxy groups -OCH3 is 1. The Hall–Kier alpha value is -4.04. The van der Waals surface area contributed by atoms with E-state index in [4.69, 9.17) is 9.47 Å². The molecule has 8 heteroatoms. The van der Waals surface area contributed by atoms with Crippen LogP contribution in [0.5, 0.6) is 17.2 Å². The second kappa shape index (κ2) is 9.31. The van der Waals surface area contributed by atoms with Crippen molar-refractivity contribution in [1.29, 1.82) is 0 Å². The predicted octanol–water partition coefficient (Wildman–Crippen LogP) is 6.43. The molecule has 1 saturated heterocycles. The molecule has 3 aliphatic heterocycles. The minimum absolute atomic E-state index is 0.0358. The standard InChI is InChI=1S/C31H30N2O5S/c1-17-16-31(2,3)32-21-6-5-20-27(26(17)21)24(38-23-8-7-22(35)29(37-4)28(20)23)15-25-19(11-14-39-25)30(36)33-12-9-18(34)10-13-33/h5-8,11,14-16,32,35H,9-10,12-13H2,1-4H3/b24-15-. The molecular formula is C31H30N2O5S. The summed E-state index contributed by atoms with van der Waals surface area (Å²) in [6, 6.07) is 9.22. The van der Waals surface area contributed by atoms with Gasteiger partial charge < -0.3 is 24.8 Å². The summed E-state index contributed by atoms with van der Waals surface area (Å²) in [7, 11) is 1.53. The van der Waals surface area contributed by atoms with Gasteiger partial charge in [-0.15, -0.1) is 11.3 Å². The molecule has 7 nitrogen and oxygen atoms in total. The van der Waals surface area contributed by atoms with Gasteiger partial charge in [0.25, 0.3) is 5.91 Å². The van der Waals surface area contributed by atoms with Crippen molar-refractivity contribution < 1.29 is 24.2 Å². The molecule has 0 radical (unpaired) electrons. The number of phenols is 1. The monoisotopic (exact) mass is 542 g/mol. The lowest BCUT2D eigenvalue weighted by Gasteiger charge is -2.35. The van der Waals surface area contributed by atoms with Gasteiger partial charge in [0.05, 0.1) is 23.8 Å². The van der Waals surface area contributed by atoms with Crippen molar-refractivity contribution in [3.05, 3.63) is 63.4 Å². The third kappa shape index (κ3) is 4.29. The van der Waals surface area contributed by atoms with E-state index in [1.165, 1.54) is 18.4 Å². The number of rotatable bonds is 3. The number of ketones is 1. The first kappa shape index (κ1) is 25.2. The summed E-state index contributed by atoms with van der Waals surface area (Å²) in [5, 5.41) is 16.1. The molecule has 0 aliphatic carbocycles. The topological polar surface area (TPSA) is 88.1 Å². The molecule has 0 bridgehead atoms. The zero-order valence-corrected chi connectivity index (χ0v) is 23.2. The molecule has 39 heavy (non-hydrogen) atoms. The molecule has 4 heterocycles. The number of allylic oxidation sites excluding steroid dienone is 1. The second-order valence-electron chi connectivity index (χ2n) is 10.7. The van der Waals surface area contributed by atoms with Gasteiger partial charge in [-0.1, -0.05) is 12.1 Å². The Morgan fingerprint density at radius 2 is 1.90 bits per heavy atom.